The molecule has 0 unspecified atom stereocenters. The molecule has 3 rings (SSSR count). The van der Waals surface area contributed by atoms with Gasteiger partial charge in [0.1, 0.15) is 19.6 Å². The number of H-pyrrole nitrogens is 1. The summed E-state index contributed by atoms with van der Waals surface area (Å²) in [5.74, 6) is 5.83. The third-order valence-corrected chi connectivity index (χ3v) is 5.07. The Morgan fingerprint density at radius 1 is 1.09 bits per heavy atom. The predicted molar refractivity (Wildman–Crippen MR) is 124 cm³/mol. The van der Waals surface area contributed by atoms with Crippen LogP contribution in [-0.2, 0) is 24.3 Å². The minimum atomic E-state index is -0.502. The summed E-state index contributed by atoms with van der Waals surface area (Å²) in [5.41, 5.74) is 4.92. The molecular formula is C26H26N2O4. The summed E-state index contributed by atoms with van der Waals surface area (Å²) >= 11 is 0. The van der Waals surface area contributed by atoms with Crippen molar-refractivity contribution in [3.63, 3.8) is 0 Å². The molecule has 0 amide bonds. The average molecular weight is 431 g/mol. The number of hydrogen-bond acceptors (Lipinski definition) is 4. The lowest BCUT2D eigenvalue weighted by Gasteiger charge is -2.16. The van der Waals surface area contributed by atoms with Gasteiger partial charge in [0, 0.05) is 28.8 Å². The van der Waals surface area contributed by atoms with Crippen molar-refractivity contribution in [3.05, 3.63) is 102 Å². The molecule has 0 aliphatic rings. The number of hydrogen-bond donors (Lipinski definition) is 1. The van der Waals surface area contributed by atoms with Crippen molar-refractivity contribution in [3.8, 4) is 11.8 Å². The molecule has 2 aromatic carbocycles. The van der Waals surface area contributed by atoms with E-state index in [4.69, 9.17) is 4.74 Å². The molecule has 0 bridgehead atoms. The van der Waals surface area contributed by atoms with Crippen LogP contribution in [0.5, 0.6) is 0 Å². The predicted octanol–water partition coefficient (Wildman–Crippen LogP) is 3.14. The summed E-state index contributed by atoms with van der Waals surface area (Å²) in [6.07, 6.45) is 1.73. The third kappa shape index (κ3) is 5.71. The van der Waals surface area contributed by atoms with E-state index in [0.717, 1.165) is 23.0 Å². The first-order valence-electron chi connectivity index (χ1n) is 10.4. The van der Waals surface area contributed by atoms with Crippen LogP contribution in [0.25, 0.3) is 0 Å². The van der Waals surface area contributed by atoms with Gasteiger partial charge in [0.25, 0.3) is 5.56 Å². The first-order valence-corrected chi connectivity index (χ1v) is 10.4. The molecule has 6 nitrogen and oxygen atoms in total. The van der Waals surface area contributed by atoms with Crippen LogP contribution in [-0.4, -0.2) is 22.4 Å². The molecule has 0 aliphatic heterocycles. The van der Waals surface area contributed by atoms with Gasteiger partial charge in [-0.15, -0.1) is 0 Å². The Morgan fingerprint density at radius 2 is 1.84 bits per heavy atom. The number of carbonyl (C=O) groups is 1. The number of aromatic nitrogens is 2. The number of ether oxygens (including phenoxy) is 1. The van der Waals surface area contributed by atoms with E-state index in [2.05, 4.69) is 35.0 Å². The van der Waals surface area contributed by atoms with Gasteiger partial charge in [0.15, 0.2) is 0 Å². The molecule has 1 heterocycles. The normalized spacial score (nSPS) is 10.5. The topological polar surface area (TPSA) is 81.2 Å². The Morgan fingerprint density at radius 3 is 2.53 bits per heavy atom. The second kappa shape index (κ2) is 10.6. The highest BCUT2D eigenvalue weighted by Gasteiger charge is 2.14. The van der Waals surface area contributed by atoms with Gasteiger partial charge >= 0.3 is 5.69 Å². The third-order valence-electron chi connectivity index (χ3n) is 5.07. The van der Waals surface area contributed by atoms with Gasteiger partial charge in [-0.25, -0.2) is 4.79 Å². The van der Waals surface area contributed by atoms with Crippen molar-refractivity contribution in [1.82, 2.24) is 9.55 Å². The molecule has 164 valence electrons. The lowest BCUT2D eigenvalue weighted by molar-refractivity contribution is 0.0980. The molecule has 0 saturated carbocycles. The Kier molecular flexibility index (Phi) is 7.58. The Labute approximate surface area is 186 Å². The zero-order valence-corrected chi connectivity index (χ0v) is 18.5. The summed E-state index contributed by atoms with van der Waals surface area (Å²) < 4.78 is 7.11. The number of rotatable bonds is 7. The quantitative estimate of drug-likeness (QED) is 0.355. The zero-order valence-electron chi connectivity index (χ0n) is 18.5. The van der Waals surface area contributed by atoms with E-state index in [1.807, 2.05) is 26.8 Å². The van der Waals surface area contributed by atoms with Crippen LogP contribution in [0.1, 0.15) is 50.8 Å². The second-order valence-electron chi connectivity index (χ2n) is 7.66. The molecule has 3 aromatic rings. The van der Waals surface area contributed by atoms with Crippen LogP contribution in [0, 0.1) is 25.7 Å². The molecule has 0 fully saturated rings. The fourth-order valence-electron chi connectivity index (χ4n) is 3.74. The van der Waals surface area contributed by atoms with Gasteiger partial charge in [-0.1, -0.05) is 60.2 Å². The molecular weight excluding hydrogens is 404 g/mol. The number of aromatic amines is 1. The molecule has 0 spiro atoms. The van der Waals surface area contributed by atoms with E-state index in [9.17, 15) is 14.4 Å². The number of nitrogens with one attached hydrogen (secondary N) is 1. The maximum atomic E-state index is 12.6. The number of aldehydes is 1. The summed E-state index contributed by atoms with van der Waals surface area (Å²) in [6.45, 7) is 6.01. The number of nitrogens with zero attached hydrogens (tertiary/aromatic N) is 1. The van der Waals surface area contributed by atoms with Crippen LogP contribution < -0.4 is 11.2 Å². The molecule has 6 heteroatoms. The first kappa shape index (κ1) is 23.0. The van der Waals surface area contributed by atoms with Crippen molar-refractivity contribution in [2.24, 2.45) is 0 Å². The number of carbonyl (C=O) groups excluding carboxylic acids is 1. The Hall–Kier alpha value is -3.69. The van der Waals surface area contributed by atoms with E-state index < -0.39 is 5.69 Å². The van der Waals surface area contributed by atoms with Crippen LogP contribution in [0.4, 0.5) is 0 Å². The van der Waals surface area contributed by atoms with Crippen LogP contribution >= 0.6 is 0 Å². The van der Waals surface area contributed by atoms with Gasteiger partial charge in [-0.05, 0) is 38.0 Å². The van der Waals surface area contributed by atoms with E-state index in [-0.39, 0.29) is 18.9 Å². The average Bonchev–Trinajstić information content (AvgIpc) is 2.75. The fourth-order valence-corrected chi connectivity index (χ4v) is 3.74. The number of aryl methyl sites for hydroxylation is 2. The number of benzene rings is 2. The van der Waals surface area contributed by atoms with Crippen molar-refractivity contribution in [1.29, 1.82) is 0 Å². The lowest BCUT2D eigenvalue weighted by atomic mass is 10.0. The van der Waals surface area contributed by atoms with Gasteiger partial charge in [-0.3, -0.25) is 19.1 Å². The fraction of sp³-hybridized carbons (Fsp3) is 0.269. The highest BCUT2D eigenvalue weighted by molar-refractivity contribution is 5.75. The van der Waals surface area contributed by atoms with Gasteiger partial charge < -0.3 is 4.74 Å². The van der Waals surface area contributed by atoms with Crippen molar-refractivity contribution in [2.75, 3.05) is 6.61 Å². The Balaban J connectivity index is 1.83. The monoisotopic (exact) mass is 430 g/mol. The smallest absolute Gasteiger partial charge is 0.330 e. The minimum Gasteiger partial charge on any atom is -0.348 e. The summed E-state index contributed by atoms with van der Waals surface area (Å²) in [7, 11) is 0. The van der Waals surface area contributed by atoms with E-state index in [0.29, 0.717) is 35.2 Å². The molecule has 0 saturated heterocycles. The SMILES string of the molecule is CCc1c(Cc2cc(C)cc(C)c2)n(COCC#Cc2cccc(C=O)c2)c(=O)[nH]c1=O. The van der Waals surface area contributed by atoms with Crippen LogP contribution in [0.2, 0.25) is 0 Å². The summed E-state index contributed by atoms with van der Waals surface area (Å²) in [6, 6.07) is 13.2. The van der Waals surface area contributed by atoms with E-state index in [1.54, 1.807) is 18.2 Å². The van der Waals surface area contributed by atoms with Crippen LogP contribution in [0.15, 0.2) is 52.1 Å². The van der Waals surface area contributed by atoms with Crippen LogP contribution in [0.3, 0.4) is 0 Å². The second-order valence-corrected chi connectivity index (χ2v) is 7.66. The van der Waals surface area contributed by atoms with E-state index >= 15 is 0 Å². The summed E-state index contributed by atoms with van der Waals surface area (Å²) in [5, 5.41) is 0. The highest BCUT2D eigenvalue weighted by Crippen LogP contribution is 2.15. The summed E-state index contributed by atoms with van der Waals surface area (Å²) in [4.78, 5) is 38.2. The molecule has 1 aromatic heterocycles. The zero-order chi connectivity index (χ0) is 23.1. The molecule has 0 atom stereocenters. The van der Waals surface area contributed by atoms with Crippen molar-refractivity contribution >= 4 is 6.29 Å². The molecule has 32 heavy (non-hydrogen) atoms. The van der Waals surface area contributed by atoms with Crippen molar-refractivity contribution in [2.45, 2.75) is 40.3 Å². The largest absolute Gasteiger partial charge is 0.348 e. The first-order chi connectivity index (χ1) is 15.4. The Bertz CT molecular complexity index is 1290. The van der Waals surface area contributed by atoms with E-state index in [1.165, 1.54) is 4.57 Å². The molecule has 0 aliphatic carbocycles. The molecule has 0 radical (unpaired) electrons. The molecule has 1 N–H and O–H groups in total. The highest BCUT2D eigenvalue weighted by atomic mass is 16.5. The van der Waals surface area contributed by atoms with Gasteiger partial charge in [-0.2, -0.15) is 0 Å². The maximum absolute atomic E-state index is 12.6. The minimum absolute atomic E-state index is 0.0220. The van der Waals surface area contributed by atoms with Crippen molar-refractivity contribution < 1.29 is 9.53 Å². The van der Waals surface area contributed by atoms with Gasteiger partial charge in [0.05, 0.1) is 0 Å². The maximum Gasteiger partial charge on any atom is 0.330 e. The van der Waals surface area contributed by atoms with Gasteiger partial charge in [0.2, 0.25) is 0 Å². The standard InChI is InChI=1S/C26H26N2O4/c1-4-23-24(15-22-12-18(2)11-19(3)13-22)28(26(31)27-25(23)30)17-32-10-6-9-20-7-5-8-21(14-20)16-29/h5,7-8,11-14,16H,4,10,15,17H2,1-3H3,(H,27,30,31). The lowest BCUT2D eigenvalue weighted by Crippen LogP contribution is -2.36.